The van der Waals surface area contributed by atoms with Gasteiger partial charge in [-0.05, 0) is 12.0 Å². The van der Waals surface area contributed by atoms with Crippen LogP contribution in [0.3, 0.4) is 0 Å². The summed E-state index contributed by atoms with van der Waals surface area (Å²) in [6, 6.07) is 0. The van der Waals surface area contributed by atoms with Gasteiger partial charge in [-0.25, -0.2) is 0 Å². The first kappa shape index (κ1) is 6.69. The first-order chi connectivity index (χ1) is 4.29. The highest BCUT2D eigenvalue weighted by atomic mass is 32.1. The highest BCUT2D eigenvalue weighted by Gasteiger charge is 1.93. The highest BCUT2D eigenvalue weighted by Crippen LogP contribution is 2.12. The lowest BCUT2D eigenvalue weighted by Gasteiger charge is -1.94. The van der Waals surface area contributed by atoms with Crippen molar-refractivity contribution in [2.75, 3.05) is 0 Å². The third kappa shape index (κ3) is 2.10. The maximum absolute atomic E-state index is 4.22. The molecule has 1 heteroatoms. The van der Waals surface area contributed by atoms with E-state index in [1.165, 1.54) is 0 Å². The van der Waals surface area contributed by atoms with E-state index in [9.17, 15) is 0 Å². The van der Waals surface area contributed by atoms with Gasteiger partial charge >= 0.3 is 0 Å². The Morgan fingerprint density at radius 1 is 1.44 bits per heavy atom. The molecule has 9 heavy (non-hydrogen) atoms. The van der Waals surface area contributed by atoms with Crippen molar-refractivity contribution >= 4 is 12.6 Å². The molecule has 1 rings (SSSR count). The number of hydrogen-bond donors (Lipinski definition) is 1. The summed E-state index contributed by atoms with van der Waals surface area (Å²) in [5.74, 6) is 0.521. The molecule has 1 unspecified atom stereocenters. The molecule has 0 aromatic rings. The van der Waals surface area contributed by atoms with Crippen LogP contribution in [0.1, 0.15) is 6.92 Å². The van der Waals surface area contributed by atoms with E-state index in [4.69, 9.17) is 0 Å². The maximum Gasteiger partial charge on any atom is 0.000583 e. The summed E-state index contributed by atoms with van der Waals surface area (Å²) in [6.45, 7) is 2.14. The standard InChI is InChI=1S/C8H10S/c1-7-4-2-3-5-8(9)6-7/h2-7,9H,1H3. The van der Waals surface area contributed by atoms with Crippen LogP contribution >= 0.6 is 12.6 Å². The Kier molecular flexibility index (Phi) is 2.17. The molecule has 1 atom stereocenters. The van der Waals surface area contributed by atoms with E-state index < -0.39 is 0 Å². The molecule has 0 saturated heterocycles. The van der Waals surface area contributed by atoms with E-state index in [2.05, 4.69) is 31.7 Å². The van der Waals surface area contributed by atoms with E-state index in [-0.39, 0.29) is 0 Å². The molecular weight excluding hydrogens is 128 g/mol. The van der Waals surface area contributed by atoms with Crippen LogP contribution in [-0.2, 0) is 0 Å². The Morgan fingerprint density at radius 3 is 3.00 bits per heavy atom. The predicted molar refractivity (Wildman–Crippen MR) is 44.5 cm³/mol. The summed E-state index contributed by atoms with van der Waals surface area (Å²) in [5, 5.41) is 0. The Labute approximate surface area is 61.4 Å². The summed E-state index contributed by atoms with van der Waals surface area (Å²) in [5.41, 5.74) is 0. The second-order valence-corrected chi connectivity index (χ2v) is 2.71. The van der Waals surface area contributed by atoms with Crippen LogP contribution in [0.25, 0.3) is 0 Å². The molecule has 0 bridgehead atoms. The molecule has 0 spiro atoms. The molecule has 1 aliphatic rings. The van der Waals surface area contributed by atoms with Crippen molar-refractivity contribution in [2.45, 2.75) is 6.92 Å². The van der Waals surface area contributed by atoms with Crippen LogP contribution in [0.5, 0.6) is 0 Å². The van der Waals surface area contributed by atoms with Crippen LogP contribution < -0.4 is 0 Å². The fraction of sp³-hybridized carbons (Fsp3) is 0.250. The number of rotatable bonds is 0. The van der Waals surface area contributed by atoms with Crippen molar-refractivity contribution in [2.24, 2.45) is 5.92 Å². The molecule has 0 amide bonds. The molecule has 0 aliphatic heterocycles. The van der Waals surface area contributed by atoms with Gasteiger partial charge in [0.15, 0.2) is 0 Å². The topological polar surface area (TPSA) is 0 Å². The quantitative estimate of drug-likeness (QED) is 0.489. The Hall–Kier alpha value is -0.430. The summed E-state index contributed by atoms with van der Waals surface area (Å²) in [4.78, 5) is 1.05. The maximum atomic E-state index is 4.22. The van der Waals surface area contributed by atoms with Gasteiger partial charge in [-0.2, -0.15) is 0 Å². The zero-order valence-corrected chi connectivity index (χ0v) is 6.31. The van der Waals surface area contributed by atoms with Crippen molar-refractivity contribution in [3.05, 3.63) is 35.3 Å². The van der Waals surface area contributed by atoms with E-state index in [1.54, 1.807) is 0 Å². The number of hydrogen-bond acceptors (Lipinski definition) is 1. The number of allylic oxidation sites excluding steroid dienone is 5. The molecular formula is C8H10S. The molecule has 0 N–H and O–H groups in total. The lowest BCUT2D eigenvalue weighted by Crippen LogP contribution is -1.79. The zero-order chi connectivity index (χ0) is 6.69. The Bertz CT molecular complexity index is 175. The fourth-order valence-electron chi connectivity index (χ4n) is 0.774. The second-order valence-electron chi connectivity index (χ2n) is 2.19. The molecule has 0 nitrogen and oxygen atoms in total. The van der Waals surface area contributed by atoms with Gasteiger partial charge in [0.25, 0.3) is 0 Å². The largest absolute Gasteiger partial charge is 0.144 e. The van der Waals surface area contributed by atoms with Gasteiger partial charge in [0.1, 0.15) is 0 Å². The van der Waals surface area contributed by atoms with Crippen LogP contribution in [0.2, 0.25) is 0 Å². The van der Waals surface area contributed by atoms with Crippen LogP contribution in [0, 0.1) is 5.92 Å². The van der Waals surface area contributed by atoms with Gasteiger partial charge in [0.05, 0.1) is 0 Å². The van der Waals surface area contributed by atoms with E-state index in [1.807, 2.05) is 18.2 Å². The Morgan fingerprint density at radius 2 is 2.22 bits per heavy atom. The van der Waals surface area contributed by atoms with Crippen molar-refractivity contribution < 1.29 is 0 Å². The average Bonchev–Trinajstić information content (AvgIpc) is 1.93. The van der Waals surface area contributed by atoms with Gasteiger partial charge in [-0.3, -0.25) is 0 Å². The first-order valence-corrected chi connectivity index (χ1v) is 3.49. The molecule has 0 aromatic carbocycles. The minimum Gasteiger partial charge on any atom is -0.144 e. The minimum atomic E-state index is 0.521. The van der Waals surface area contributed by atoms with E-state index in [0.717, 1.165) is 4.91 Å². The second kappa shape index (κ2) is 2.92. The molecule has 0 heterocycles. The van der Waals surface area contributed by atoms with Gasteiger partial charge in [0, 0.05) is 4.91 Å². The summed E-state index contributed by atoms with van der Waals surface area (Å²) >= 11 is 4.22. The summed E-state index contributed by atoms with van der Waals surface area (Å²) in [6.07, 6.45) is 10.3. The van der Waals surface area contributed by atoms with Crippen molar-refractivity contribution in [3.63, 3.8) is 0 Å². The molecule has 1 aliphatic carbocycles. The first-order valence-electron chi connectivity index (χ1n) is 3.04. The van der Waals surface area contributed by atoms with Gasteiger partial charge in [-0.15, -0.1) is 12.6 Å². The smallest absolute Gasteiger partial charge is 0.000583 e. The Balaban J connectivity index is 2.77. The predicted octanol–water partition coefficient (Wildman–Crippen LogP) is 2.56. The molecule has 0 aromatic heterocycles. The summed E-state index contributed by atoms with van der Waals surface area (Å²) in [7, 11) is 0. The third-order valence-corrected chi connectivity index (χ3v) is 1.52. The lowest BCUT2D eigenvalue weighted by molar-refractivity contribution is 0.941. The lowest BCUT2D eigenvalue weighted by atomic mass is 10.2. The molecule has 0 radical (unpaired) electrons. The monoisotopic (exact) mass is 138 g/mol. The van der Waals surface area contributed by atoms with Crippen molar-refractivity contribution in [3.8, 4) is 0 Å². The SMILES string of the molecule is CC1C=CC=CC(S)=C1. The molecule has 0 fully saturated rings. The minimum absolute atomic E-state index is 0.521. The normalized spacial score (nSPS) is 25.6. The molecule has 0 saturated carbocycles. The fourth-order valence-corrected chi connectivity index (χ4v) is 1.10. The third-order valence-electron chi connectivity index (χ3n) is 1.23. The van der Waals surface area contributed by atoms with Gasteiger partial charge < -0.3 is 0 Å². The zero-order valence-electron chi connectivity index (χ0n) is 5.41. The number of thiol groups is 1. The van der Waals surface area contributed by atoms with Crippen LogP contribution in [0.4, 0.5) is 0 Å². The summed E-state index contributed by atoms with van der Waals surface area (Å²) < 4.78 is 0. The average molecular weight is 138 g/mol. The highest BCUT2D eigenvalue weighted by molar-refractivity contribution is 7.84. The van der Waals surface area contributed by atoms with Gasteiger partial charge in [0.2, 0.25) is 0 Å². The van der Waals surface area contributed by atoms with Crippen molar-refractivity contribution in [1.82, 2.24) is 0 Å². The van der Waals surface area contributed by atoms with Crippen LogP contribution in [0.15, 0.2) is 35.3 Å². The van der Waals surface area contributed by atoms with E-state index >= 15 is 0 Å². The van der Waals surface area contributed by atoms with Crippen molar-refractivity contribution in [1.29, 1.82) is 0 Å². The van der Waals surface area contributed by atoms with Crippen LogP contribution in [-0.4, -0.2) is 0 Å². The molecule has 48 valence electrons. The van der Waals surface area contributed by atoms with Gasteiger partial charge in [-0.1, -0.05) is 31.2 Å². The van der Waals surface area contributed by atoms with E-state index in [0.29, 0.717) is 5.92 Å².